The molecule has 2 heteroatoms. The molecule has 10 heavy (non-hydrogen) atoms. The molecule has 1 aliphatic rings. The smallest absolute Gasteiger partial charge is 0.0719 e. The number of nitrogens with zero attached hydrogens (tertiary/aromatic N) is 1. The fourth-order valence-corrected chi connectivity index (χ4v) is 1.24. The Labute approximate surface area is 63.0 Å². The van der Waals surface area contributed by atoms with Crippen LogP contribution >= 0.6 is 0 Å². The third-order valence-electron chi connectivity index (χ3n) is 1.67. The van der Waals surface area contributed by atoms with Crippen LogP contribution in [0.15, 0.2) is 0 Å². The van der Waals surface area contributed by atoms with E-state index in [0.717, 1.165) is 32.0 Å². The van der Waals surface area contributed by atoms with Crippen LogP contribution in [-0.2, 0) is 4.74 Å². The van der Waals surface area contributed by atoms with E-state index in [1.807, 2.05) is 0 Å². The summed E-state index contributed by atoms with van der Waals surface area (Å²) >= 11 is 0. The second-order valence-corrected chi connectivity index (χ2v) is 3.25. The van der Waals surface area contributed by atoms with Crippen LogP contribution in [0.1, 0.15) is 20.3 Å². The molecule has 1 radical (unpaired) electrons. The molecule has 0 spiro atoms. The van der Waals surface area contributed by atoms with Crippen LogP contribution in [0.5, 0.6) is 0 Å². The van der Waals surface area contributed by atoms with Gasteiger partial charge in [-0.2, -0.15) is 0 Å². The quantitative estimate of drug-likeness (QED) is 0.565. The summed E-state index contributed by atoms with van der Waals surface area (Å²) < 4.78 is 5.50. The van der Waals surface area contributed by atoms with Gasteiger partial charge in [0.25, 0.3) is 0 Å². The van der Waals surface area contributed by atoms with Crippen LogP contribution in [-0.4, -0.2) is 25.8 Å². The molecule has 0 saturated carbocycles. The van der Waals surface area contributed by atoms with Crippen molar-refractivity contribution in [2.24, 2.45) is 5.92 Å². The fourth-order valence-electron chi connectivity index (χ4n) is 1.24. The molecule has 1 heterocycles. The van der Waals surface area contributed by atoms with Gasteiger partial charge in [-0.05, 0) is 12.3 Å². The maximum Gasteiger partial charge on any atom is 0.0719 e. The van der Waals surface area contributed by atoms with Crippen molar-refractivity contribution in [2.75, 3.05) is 19.7 Å². The van der Waals surface area contributed by atoms with Gasteiger partial charge in [0.05, 0.1) is 12.7 Å². The van der Waals surface area contributed by atoms with Crippen molar-refractivity contribution in [3.8, 4) is 0 Å². The third kappa shape index (κ3) is 2.67. The number of rotatable bonds is 2. The molecule has 1 fully saturated rings. The second kappa shape index (κ2) is 3.94. The lowest BCUT2D eigenvalue weighted by atomic mass is 10.1. The van der Waals surface area contributed by atoms with Gasteiger partial charge in [-0.15, -0.1) is 0 Å². The maximum atomic E-state index is 5.50. The minimum Gasteiger partial charge on any atom is -0.375 e. The van der Waals surface area contributed by atoms with E-state index in [9.17, 15) is 0 Å². The topological polar surface area (TPSA) is 23.3 Å². The summed E-state index contributed by atoms with van der Waals surface area (Å²) in [7, 11) is 0. The van der Waals surface area contributed by atoms with Crippen molar-refractivity contribution in [3.05, 3.63) is 0 Å². The van der Waals surface area contributed by atoms with Crippen molar-refractivity contribution >= 4 is 0 Å². The molecule has 0 bridgehead atoms. The van der Waals surface area contributed by atoms with Crippen LogP contribution in [0.4, 0.5) is 0 Å². The van der Waals surface area contributed by atoms with Crippen molar-refractivity contribution in [1.82, 2.24) is 5.32 Å². The normalized spacial score (nSPS) is 27.3. The highest BCUT2D eigenvalue weighted by atomic mass is 16.5. The van der Waals surface area contributed by atoms with Gasteiger partial charge in [0.2, 0.25) is 0 Å². The van der Waals surface area contributed by atoms with E-state index in [-0.39, 0.29) is 0 Å². The summed E-state index contributed by atoms with van der Waals surface area (Å²) in [5, 5.41) is 4.29. The molecule has 1 rings (SSSR count). The van der Waals surface area contributed by atoms with Gasteiger partial charge in [0, 0.05) is 13.1 Å². The number of ether oxygens (including phenoxy) is 1. The summed E-state index contributed by atoms with van der Waals surface area (Å²) in [6.07, 6.45) is 1.57. The number of morpholine rings is 1. The van der Waals surface area contributed by atoms with E-state index < -0.39 is 0 Å². The Morgan fingerprint density at radius 3 is 2.90 bits per heavy atom. The zero-order valence-electron chi connectivity index (χ0n) is 6.84. The summed E-state index contributed by atoms with van der Waals surface area (Å²) in [4.78, 5) is 0. The van der Waals surface area contributed by atoms with Gasteiger partial charge in [-0.1, -0.05) is 13.8 Å². The minimum atomic E-state index is 0.411. The molecule has 1 atom stereocenters. The predicted molar refractivity (Wildman–Crippen MR) is 41.1 cm³/mol. The predicted octanol–water partition coefficient (Wildman–Crippen LogP) is 1.04. The van der Waals surface area contributed by atoms with E-state index in [2.05, 4.69) is 19.2 Å². The molecular weight excluding hydrogens is 126 g/mol. The van der Waals surface area contributed by atoms with Gasteiger partial charge >= 0.3 is 0 Å². The van der Waals surface area contributed by atoms with E-state index in [0.29, 0.717) is 6.10 Å². The molecule has 0 aliphatic carbocycles. The molecule has 0 aromatic heterocycles. The Kier molecular flexibility index (Phi) is 3.16. The van der Waals surface area contributed by atoms with E-state index in [1.54, 1.807) is 0 Å². The minimum absolute atomic E-state index is 0.411. The lowest BCUT2D eigenvalue weighted by molar-refractivity contribution is 0.0148. The Hall–Kier alpha value is -0.0800. The zero-order chi connectivity index (χ0) is 7.40. The molecular formula is C8H16NO. The SMILES string of the molecule is CC(C)CC1C[N]CCO1. The van der Waals surface area contributed by atoms with Gasteiger partial charge in [0.15, 0.2) is 0 Å². The lowest BCUT2D eigenvalue weighted by Gasteiger charge is -2.23. The van der Waals surface area contributed by atoms with Crippen LogP contribution < -0.4 is 5.32 Å². The highest BCUT2D eigenvalue weighted by Gasteiger charge is 2.14. The highest BCUT2D eigenvalue weighted by molar-refractivity contribution is 4.67. The summed E-state index contributed by atoms with van der Waals surface area (Å²) in [6, 6.07) is 0. The highest BCUT2D eigenvalue weighted by Crippen LogP contribution is 2.09. The van der Waals surface area contributed by atoms with Gasteiger partial charge in [-0.25, -0.2) is 5.32 Å². The fraction of sp³-hybridized carbons (Fsp3) is 1.00. The Morgan fingerprint density at radius 1 is 1.60 bits per heavy atom. The Balaban J connectivity index is 2.13. The molecule has 59 valence electrons. The Morgan fingerprint density at radius 2 is 2.40 bits per heavy atom. The first-order valence-corrected chi connectivity index (χ1v) is 4.04. The summed E-state index contributed by atoms with van der Waals surface area (Å²) in [5.74, 6) is 0.735. The van der Waals surface area contributed by atoms with Crippen LogP contribution in [0.25, 0.3) is 0 Å². The van der Waals surface area contributed by atoms with E-state index in [4.69, 9.17) is 4.74 Å². The number of hydrogen-bond acceptors (Lipinski definition) is 1. The first-order valence-electron chi connectivity index (χ1n) is 4.04. The maximum absolute atomic E-state index is 5.50. The van der Waals surface area contributed by atoms with Gasteiger partial charge in [0.1, 0.15) is 0 Å². The van der Waals surface area contributed by atoms with Crippen molar-refractivity contribution in [3.63, 3.8) is 0 Å². The molecule has 0 amide bonds. The molecule has 0 N–H and O–H groups in total. The van der Waals surface area contributed by atoms with E-state index in [1.165, 1.54) is 0 Å². The van der Waals surface area contributed by atoms with Gasteiger partial charge in [-0.3, -0.25) is 0 Å². The Bertz CT molecular complexity index is 87.3. The van der Waals surface area contributed by atoms with Crippen molar-refractivity contribution < 1.29 is 4.74 Å². The number of hydrogen-bond donors (Lipinski definition) is 0. The standard InChI is InChI=1S/C8H16NO/c1-7(2)5-8-6-9-3-4-10-8/h7-8H,3-6H2,1-2H3. The van der Waals surface area contributed by atoms with Crippen LogP contribution in [0, 0.1) is 5.92 Å². The summed E-state index contributed by atoms with van der Waals surface area (Å²) in [6.45, 7) is 7.08. The molecule has 2 nitrogen and oxygen atoms in total. The third-order valence-corrected chi connectivity index (χ3v) is 1.67. The first kappa shape index (κ1) is 8.02. The molecule has 0 aromatic carbocycles. The van der Waals surface area contributed by atoms with E-state index >= 15 is 0 Å². The summed E-state index contributed by atoms with van der Waals surface area (Å²) in [5.41, 5.74) is 0. The van der Waals surface area contributed by atoms with Crippen LogP contribution in [0.2, 0.25) is 0 Å². The molecule has 1 saturated heterocycles. The molecule has 1 unspecified atom stereocenters. The molecule has 1 aliphatic heterocycles. The zero-order valence-corrected chi connectivity index (χ0v) is 6.84. The lowest BCUT2D eigenvalue weighted by Crippen LogP contribution is -2.34. The molecule has 0 aromatic rings. The second-order valence-electron chi connectivity index (χ2n) is 3.25. The van der Waals surface area contributed by atoms with Crippen LogP contribution in [0.3, 0.4) is 0 Å². The monoisotopic (exact) mass is 142 g/mol. The largest absolute Gasteiger partial charge is 0.375 e. The average molecular weight is 142 g/mol. The average Bonchev–Trinajstić information content (AvgIpc) is 1.88. The van der Waals surface area contributed by atoms with Crippen molar-refractivity contribution in [2.45, 2.75) is 26.4 Å². The van der Waals surface area contributed by atoms with Gasteiger partial charge < -0.3 is 4.74 Å². The van der Waals surface area contributed by atoms with Crippen molar-refractivity contribution in [1.29, 1.82) is 0 Å². The first-order chi connectivity index (χ1) is 4.79.